The van der Waals surface area contributed by atoms with E-state index in [-0.39, 0.29) is 17.9 Å². The maximum Gasteiger partial charge on any atom is 0.258 e. The summed E-state index contributed by atoms with van der Waals surface area (Å²) in [5, 5.41) is 2.90. The zero-order valence-corrected chi connectivity index (χ0v) is 13.1. The summed E-state index contributed by atoms with van der Waals surface area (Å²) in [4.78, 5) is 26.7. The van der Waals surface area contributed by atoms with E-state index in [1.54, 1.807) is 17.9 Å². The lowest BCUT2D eigenvalue weighted by Gasteiger charge is -2.34. The van der Waals surface area contributed by atoms with Gasteiger partial charge in [0, 0.05) is 13.1 Å². The van der Waals surface area contributed by atoms with Gasteiger partial charge in [-0.25, -0.2) is 0 Å². The van der Waals surface area contributed by atoms with E-state index in [1.807, 2.05) is 13.8 Å². The van der Waals surface area contributed by atoms with Crippen molar-refractivity contribution in [3.8, 4) is 0 Å². The SMILES string of the molecule is CCCNC(=O)[C@H]1CCCCN1C(=O)c1cc(C)oc1C. The highest BCUT2D eigenvalue weighted by Crippen LogP contribution is 2.23. The van der Waals surface area contributed by atoms with Crippen LogP contribution in [-0.2, 0) is 4.79 Å². The van der Waals surface area contributed by atoms with Crippen LogP contribution >= 0.6 is 0 Å². The van der Waals surface area contributed by atoms with Gasteiger partial charge in [-0.05, 0) is 45.6 Å². The molecule has 2 amide bonds. The second-order valence-electron chi connectivity index (χ2n) is 5.63. The summed E-state index contributed by atoms with van der Waals surface area (Å²) < 4.78 is 5.44. The van der Waals surface area contributed by atoms with Crippen molar-refractivity contribution in [2.45, 2.75) is 52.5 Å². The van der Waals surface area contributed by atoms with E-state index in [9.17, 15) is 9.59 Å². The molecule has 0 bridgehead atoms. The van der Waals surface area contributed by atoms with Crippen molar-refractivity contribution < 1.29 is 14.0 Å². The van der Waals surface area contributed by atoms with Gasteiger partial charge >= 0.3 is 0 Å². The monoisotopic (exact) mass is 292 g/mol. The lowest BCUT2D eigenvalue weighted by Crippen LogP contribution is -2.52. The number of hydrogen-bond donors (Lipinski definition) is 1. The maximum absolute atomic E-state index is 12.7. The van der Waals surface area contributed by atoms with Crippen molar-refractivity contribution in [3.05, 3.63) is 23.2 Å². The van der Waals surface area contributed by atoms with Gasteiger partial charge in [-0.15, -0.1) is 0 Å². The number of carbonyl (C=O) groups is 2. The van der Waals surface area contributed by atoms with Gasteiger partial charge in [0.15, 0.2) is 0 Å². The van der Waals surface area contributed by atoms with Crippen LogP contribution in [0.5, 0.6) is 0 Å². The van der Waals surface area contributed by atoms with Gasteiger partial charge in [-0.2, -0.15) is 0 Å². The third-order valence-electron chi connectivity index (χ3n) is 3.89. The molecule has 0 aliphatic carbocycles. The zero-order chi connectivity index (χ0) is 15.4. The molecular formula is C16H24N2O3. The topological polar surface area (TPSA) is 62.6 Å². The normalized spacial score (nSPS) is 18.6. The molecule has 1 aromatic heterocycles. The van der Waals surface area contributed by atoms with E-state index in [0.717, 1.165) is 31.4 Å². The molecule has 1 fully saturated rings. The highest BCUT2D eigenvalue weighted by molar-refractivity contribution is 5.98. The third-order valence-corrected chi connectivity index (χ3v) is 3.89. The zero-order valence-electron chi connectivity index (χ0n) is 13.1. The van der Waals surface area contributed by atoms with Crippen molar-refractivity contribution in [1.82, 2.24) is 10.2 Å². The Hall–Kier alpha value is -1.78. The number of carbonyl (C=O) groups excluding carboxylic acids is 2. The van der Waals surface area contributed by atoms with Crippen molar-refractivity contribution in [2.24, 2.45) is 0 Å². The third kappa shape index (κ3) is 3.46. The van der Waals surface area contributed by atoms with Crippen LogP contribution in [0.2, 0.25) is 0 Å². The number of likely N-dealkylation sites (tertiary alicyclic amines) is 1. The highest BCUT2D eigenvalue weighted by atomic mass is 16.3. The summed E-state index contributed by atoms with van der Waals surface area (Å²) in [6, 6.07) is 1.40. The predicted molar refractivity (Wildman–Crippen MR) is 80.2 cm³/mol. The molecule has 1 aromatic rings. The molecule has 2 rings (SSSR count). The van der Waals surface area contributed by atoms with Crippen LogP contribution < -0.4 is 5.32 Å². The van der Waals surface area contributed by atoms with Crippen molar-refractivity contribution >= 4 is 11.8 Å². The first-order valence-electron chi connectivity index (χ1n) is 7.70. The summed E-state index contributed by atoms with van der Waals surface area (Å²) in [7, 11) is 0. The fourth-order valence-electron chi connectivity index (χ4n) is 2.81. The molecule has 1 saturated heterocycles. The van der Waals surface area contributed by atoms with Gasteiger partial charge in [0.25, 0.3) is 5.91 Å². The van der Waals surface area contributed by atoms with Crippen LogP contribution in [0, 0.1) is 13.8 Å². The van der Waals surface area contributed by atoms with E-state index in [2.05, 4.69) is 5.32 Å². The molecule has 0 radical (unpaired) electrons. The van der Waals surface area contributed by atoms with E-state index in [1.165, 1.54) is 0 Å². The number of piperidine rings is 1. The minimum atomic E-state index is -0.354. The molecule has 1 aliphatic rings. The first-order valence-corrected chi connectivity index (χ1v) is 7.70. The second-order valence-corrected chi connectivity index (χ2v) is 5.63. The molecule has 1 N–H and O–H groups in total. The molecule has 0 aromatic carbocycles. The Morgan fingerprint density at radius 1 is 1.38 bits per heavy atom. The summed E-state index contributed by atoms with van der Waals surface area (Å²) in [6.45, 7) is 6.91. The molecule has 1 aliphatic heterocycles. The summed E-state index contributed by atoms with van der Waals surface area (Å²) in [5.74, 6) is 1.21. The van der Waals surface area contributed by atoms with Gasteiger partial charge in [0.05, 0.1) is 5.56 Å². The molecule has 5 heteroatoms. The van der Waals surface area contributed by atoms with Gasteiger partial charge in [0.2, 0.25) is 5.91 Å². The highest BCUT2D eigenvalue weighted by Gasteiger charge is 2.33. The summed E-state index contributed by atoms with van der Waals surface area (Å²) in [6.07, 6.45) is 3.56. The molecule has 5 nitrogen and oxygen atoms in total. The van der Waals surface area contributed by atoms with Gasteiger partial charge in [-0.3, -0.25) is 9.59 Å². The van der Waals surface area contributed by atoms with Crippen LogP contribution in [0.4, 0.5) is 0 Å². The molecule has 2 heterocycles. The Balaban J connectivity index is 2.16. The summed E-state index contributed by atoms with van der Waals surface area (Å²) in [5.41, 5.74) is 0.572. The number of nitrogens with one attached hydrogen (secondary N) is 1. The number of hydrogen-bond acceptors (Lipinski definition) is 3. The van der Waals surface area contributed by atoms with Crippen LogP contribution in [0.1, 0.15) is 54.5 Å². The molecular weight excluding hydrogens is 268 g/mol. The minimum Gasteiger partial charge on any atom is -0.466 e. The fraction of sp³-hybridized carbons (Fsp3) is 0.625. The minimum absolute atomic E-state index is 0.0391. The Labute approximate surface area is 125 Å². The Kier molecular flexibility index (Phi) is 5.04. The average molecular weight is 292 g/mol. The van der Waals surface area contributed by atoms with E-state index >= 15 is 0 Å². The number of aryl methyl sites for hydroxylation is 2. The average Bonchev–Trinajstić information content (AvgIpc) is 2.82. The Morgan fingerprint density at radius 2 is 2.14 bits per heavy atom. The molecule has 21 heavy (non-hydrogen) atoms. The first kappa shape index (κ1) is 15.6. The molecule has 0 spiro atoms. The van der Waals surface area contributed by atoms with E-state index in [4.69, 9.17) is 4.42 Å². The van der Waals surface area contributed by atoms with Crippen molar-refractivity contribution in [1.29, 1.82) is 0 Å². The van der Waals surface area contributed by atoms with Crippen LogP contribution in [0.25, 0.3) is 0 Å². The fourth-order valence-corrected chi connectivity index (χ4v) is 2.81. The van der Waals surface area contributed by atoms with Gasteiger partial charge in [0.1, 0.15) is 17.6 Å². The van der Waals surface area contributed by atoms with Crippen molar-refractivity contribution in [2.75, 3.05) is 13.1 Å². The second kappa shape index (κ2) is 6.78. The number of nitrogens with zero attached hydrogens (tertiary/aromatic N) is 1. The summed E-state index contributed by atoms with van der Waals surface area (Å²) >= 11 is 0. The van der Waals surface area contributed by atoms with E-state index < -0.39 is 0 Å². The van der Waals surface area contributed by atoms with Crippen LogP contribution in [0.15, 0.2) is 10.5 Å². The van der Waals surface area contributed by atoms with Crippen LogP contribution in [-0.4, -0.2) is 35.8 Å². The maximum atomic E-state index is 12.7. The first-order chi connectivity index (χ1) is 10.0. The molecule has 1 atom stereocenters. The Morgan fingerprint density at radius 3 is 2.76 bits per heavy atom. The van der Waals surface area contributed by atoms with Crippen molar-refractivity contribution in [3.63, 3.8) is 0 Å². The number of furan rings is 1. The number of amides is 2. The molecule has 0 unspecified atom stereocenters. The predicted octanol–water partition coefficient (Wildman–Crippen LogP) is 2.42. The lowest BCUT2D eigenvalue weighted by molar-refractivity contribution is -0.126. The van der Waals surface area contributed by atoms with Gasteiger partial charge in [-0.1, -0.05) is 6.92 Å². The molecule has 0 saturated carbocycles. The van der Waals surface area contributed by atoms with Gasteiger partial charge < -0.3 is 14.6 Å². The molecule has 116 valence electrons. The smallest absolute Gasteiger partial charge is 0.258 e. The lowest BCUT2D eigenvalue weighted by atomic mass is 10.00. The Bertz CT molecular complexity index is 522. The largest absolute Gasteiger partial charge is 0.466 e. The quantitative estimate of drug-likeness (QED) is 0.927. The van der Waals surface area contributed by atoms with Crippen LogP contribution in [0.3, 0.4) is 0 Å². The number of rotatable bonds is 4. The standard InChI is InChI=1S/C16H24N2O3/c1-4-8-17-15(19)14-7-5-6-9-18(14)16(20)13-10-11(2)21-12(13)3/h10,14H,4-9H2,1-3H3,(H,17,19)/t14-/m1/s1. The van der Waals surface area contributed by atoms with E-state index in [0.29, 0.717) is 24.4 Å².